The fourth-order valence-corrected chi connectivity index (χ4v) is 3.74. The van der Waals surface area contributed by atoms with Gasteiger partial charge in [-0.2, -0.15) is 0 Å². The SMILES string of the molecule is O=C1NCCN(C(=O)Nc2ccc3c(c2)CCC3)C1c1cccc(F)c1. The molecule has 2 aliphatic rings. The van der Waals surface area contributed by atoms with E-state index in [2.05, 4.69) is 10.6 Å². The maximum absolute atomic E-state index is 13.6. The van der Waals surface area contributed by atoms with Crippen LogP contribution in [0.25, 0.3) is 0 Å². The van der Waals surface area contributed by atoms with Crippen molar-refractivity contribution in [2.24, 2.45) is 0 Å². The zero-order valence-electron chi connectivity index (χ0n) is 14.3. The second-order valence-corrected chi connectivity index (χ2v) is 6.71. The lowest BCUT2D eigenvalue weighted by Gasteiger charge is -2.35. The monoisotopic (exact) mass is 353 g/mol. The molecular formula is C20H20FN3O2. The summed E-state index contributed by atoms with van der Waals surface area (Å²) in [7, 11) is 0. The fraction of sp³-hybridized carbons (Fsp3) is 0.300. The first-order valence-electron chi connectivity index (χ1n) is 8.84. The molecule has 4 rings (SSSR count). The van der Waals surface area contributed by atoms with Crippen molar-refractivity contribution in [3.05, 3.63) is 65.0 Å². The van der Waals surface area contributed by atoms with Gasteiger partial charge in [0.05, 0.1) is 0 Å². The van der Waals surface area contributed by atoms with Crippen molar-refractivity contribution in [2.45, 2.75) is 25.3 Å². The van der Waals surface area contributed by atoms with E-state index in [1.807, 2.05) is 18.2 Å². The summed E-state index contributed by atoms with van der Waals surface area (Å²) in [6.45, 7) is 0.742. The molecule has 1 heterocycles. The van der Waals surface area contributed by atoms with Gasteiger partial charge in [0, 0.05) is 18.8 Å². The van der Waals surface area contributed by atoms with Gasteiger partial charge >= 0.3 is 6.03 Å². The van der Waals surface area contributed by atoms with Crippen molar-refractivity contribution < 1.29 is 14.0 Å². The van der Waals surface area contributed by atoms with Crippen LogP contribution < -0.4 is 10.6 Å². The van der Waals surface area contributed by atoms with Crippen molar-refractivity contribution >= 4 is 17.6 Å². The molecule has 0 spiro atoms. The van der Waals surface area contributed by atoms with Gasteiger partial charge < -0.3 is 15.5 Å². The number of urea groups is 1. The highest BCUT2D eigenvalue weighted by atomic mass is 19.1. The number of halogens is 1. The molecule has 1 saturated heterocycles. The first-order chi connectivity index (χ1) is 12.6. The number of benzene rings is 2. The Morgan fingerprint density at radius 2 is 2.00 bits per heavy atom. The van der Waals surface area contributed by atoms with E-state index in [4.69, 9.17) is 0 Å². The molecule has 0 radical (unpaired) electrons. The van der Waals surface area contributed by atoms with Crippen molar-refractivity contribution in [2.75, 3.05) is 18.4 Å². The van der Waals surface area contributed by atoms with Gasteiger partial charge in [0.2, 0.25) is 5.91 Å². The number of fused-ring (bicyclic) bond motifs is 1. The van der Waals surface area contributed by atoms with E-state index in [1.54, 1.807) is 12.1 Å². The topological polar surface area (TPSA) is 61.4 Å². The molecule has 2 N–H and O–H groups in total. The number of rotatable bonds is 2. The van der Waals surface area contributed by atoms with Gasteiger partial charge in [-0.15, -0.1) is 0 Å². The van der Waals surface area contributed by atoms with Crippen LogP contribution in [0, 0.1) is 5.82 Å². The third-order valence-corrected chi connectivity index (χ3v) is 4.99. The number of aryl methyl sites for hydroxylation is 2. The number of amides is 3. The largest absolute Gasteiger partial charge is 0.352 e. The van der Waals surface area contributed by atoms with Crippen LogP contribution in [0.5, 0.6) is 0 Å². The van der Waals surface area contributed by atoms with Crippen LogP contribution in [-0.2, 0) is 17.6 Å². The van der Waals surface area contributed by atoms with Crippen LogP contribution >= 0.6 is 0 Å². The Hall–Kier alpha value is -2.89. The van der Waals surface area contributed by atoms with Gasteiger partial charge in [-0.05, 0) is 60.2 Å². The lowest BCUT2D eigenvalue weighted by atomic mass is 10.0. The Morgan fingerprint density at radius 3 is 2.85 bits per heavy atom. The molecule has 26 heavy (non-hydrogen) atoms. The third kappa shape index (κ3) is 3.14. The molecule has 2 aromatic rings. The van der Waals surface area contributed by atoms with E-state index in [9.17, 15) is 14.0 Å². The molecule has 2 aromatic carbocycles. The summed E-state index contributed by atoms with van der Waals surface area (Å²) in [5, 5.41) is 5.64. The second kappa shape index (κ2) is 6.78. The normalized spacial score (nSPS) is 19.0. The summed E-state index contributed by atoms with van der Waals surface area (Å²) < 4.78 is 13.6. The van der Waals surface area contributed by atoms with Crippen molar-refractivity contribution in [1.82, 2.24) is 10.2 Å². The molecule has 134 valence electrons. The predicted octanol–water partition coefficient (Wildman–Crippen LogP) is 3.02. The van der Waals surface area contributed by atoms with Gasteiger partial charge in [0.15, 0.2) is 0 Å². The van der Waals surface area contributed by atoms with Gasteiger partial charge in [0.1, 0.15) is 11.9 Å². The molecule has 1 unspecified atom stereocenters. The first-order valence-corrected chi connectivity index (χ1v) is 8.84. The fourth-order valence-electron chi connectivity index (χ4n) is 3.74. The zero-order chi connectivity index (χ0) is 18.1. The van der Waals surface area contributed by atoms with Crippen LogP contribution in [0.1, 0.15) is 29.2 Å². The standard InChI is InChI=1S/C20H20FN3O2/c21-16-6-2-5-15(11-16)18-19(25)22-9-10-24(18)20(26)23-17-8-7-13-3-1-4-14(13)12-17/h2,5-8,11-12,18H,1,3-4,9-10H2,(H,22,25)(H,23,26). The summed E-state index contributed by atoms with van der Waals surface area (Å²) in [6.07, 6.45) is 3.25. The van der Waals surface area contributed by atoms with E-state index in [-0.39, 0.29) is 11.9 Å². The Morgan fingerprint density at radius 1 is 1.15 bits per heavy atom. The summed E-state index contributed by atoms with van der Waals surface area (Å²) in [4.78, 5) is 26.7. The minimum Gasteiger partial charge on any atom is -0.352 e. The first kappa shape index (κ1) is 16.6. The molecular weight excluding hydrogens is 333 g/mol. The zero-order valence-corrected chi connectivity index (χ0v) is 14.3. The van der Waals surface area contributed by atoms with Gasteiger partial charge in [-0.3, -0.25) is 4.79 Å². The van der Waals surface area contributed by atoms with Crippen LogP contribution in [0.3, 0.4) is 0 Å². The summed E-state index contributed by atoms with van der Waals surface area (Å²) in [5.74, 6) is -0.731. The number of piperazine rings is 1. The molecule has 0 bridgehead atoms. The number of nitrogens with one attached hydrogen (secondary N) is 2. The highest BCUT2D eigenvalue weighted by Gasteiger charge is 2.34. The van der Waals surface area contributed by atoms with E-state index in [0.717, 1.165) is 24.9 Å². The summed E-state index contributed by atoms with van der Waals surface area (Å²) in [5.41, 5.74) is 3.78. The third-order valence-electron chi connectivity index (χ3n) is 4.99. The van der Waals surface area contributed by atoms with E-state index in [0.29, 0.717) is 18.7 Å². The number of anilines is 1. The number of carbonyl (C=O) groups excluding carboxylic acids is 2. The van der Waals surface area contributed by atoms with E-state index in [1.165, 1.54) is 28.2 Å². The highest BCUT2D eigenvalue weighted by Crippen LogP contribution is 2.27. The van der Waals surface area contributed by atoms with Gasteiger partial charge in [-0.1, -0.05) is 18.2 Å². The Labute approximate surface area is 151 Å². The molecule has 6 heteroatoms. The van der Waals surface area contributed by atoms with E-state index < -0.39 is 11.9 Å². The van der Waals surface area contributed by atoms with Crippen molar-refractivity contribution in [3.8, 4) is 0 Å². The minimum atomic E-state index is -0.839. The molecule has 0 aromatic heterocycles. The van der Waals surface area contributed by atoms with Crippen molar-refractivity contribution in [3.63, 3.8) is 0 Å². The highest BCUT2D eigenvalue weighted by molar-refractivity contribution is 5.95. The lowest BCUT2D eigenvalue weighted by Crippen LogP contribution is -2.53. The molecule has 0 saturated carbocycles. The quantitative estimate of drug-likeness (QED) is 0.872. The predicted molar refractivity (Wildman–Crippen MR) is 96.3 cm³/mol. The molecule has 1 fully saturated rings. The van der Waals surface area contributed by atoms with Gasteiger partial charge in [0.25, 0.3) is 0 Å². The maximum atomic E-state index is 13.6. The average Bonchev–Trinajstić information content (AvgIpc) is 3.09. The van der Waals surface area contributed by atoms with Crippen molar-refractivity contribution in [1.29, 1.82) is 0 Å². The number of carbonyl (C=O) groups is 2. The van der Waals surface area contributed by atoms with E-state index >= 15 is 0 Å². The molecule has 1 atom stereocenters. The molecule has 5 nitrogen and oxygen atoms in total. The Balaban J connectivity index is 1.57. The number of hydrogen-bond acceptors (Lipinski definition) is 2. The number of hydrogen-bond donors (Lipinski definition) is 2. The second-order valence-electron chi connectivity index (χ2n) is 6.71. The summed E-state index contributed by atoms with van der Waals surface area (Å²) >= 11 is 0. The molecule has 1 aliphatic carbocycles. The smallest absolute Gasteiger partial charge is 0.322 e. The van der Waals surface area contributed by atoms with Crippen LogP contribution in [-0.4, -0.2) is 29.9 Å². The molecule has 1 aliphatic heterocycles. The molecule has 3 amide bonds. The van der Waals surface area contributed by atoms with Crippen LogP contribution in [0.15, 0.2) is 42.5 Å². The van der Waals surface area contributed by atoms with Crippen LogP contribution in [0.4, 0.5) is 14.9 Å². The minimum absolute atomic E-state index is 0.300. The Kier molecular flexibility index (Phi) is 4.32. The summed E-state index contributed by atoms with van der Waals surface area (Å²) in [6, 6.07) is 10.6. The Bertz CT molecular complexity index is 868. The lowest BCUT2D eigenvalue weighted by molar-refractivity contribution is -0.127. The van der Waals surface area contributed by atoms with Crippen LogP contribution in [0.2, 0.25) is 0 Å². The average molecular weight is 353 g/mol. The maximum Gasteiger partial charge on any atom is 0.322 e. The number of nitrogens with zero attached hydrogens (tertiary/aromatic N) is 1. The van der Waals surface area contributed by atoms with Gasteiger partial charge in [-0.25, -0.2) is 9.18 Å².